The number of nitrogens with one attached hydrogen (secondary N) is 1. The number of amides is 1. The summed E-state index contributed by atoms with van der Waals surface area (Å²) in [6.07, 6.45) is 17.8. The standard InChI is InChI=1S/C25H29N3O3.W/c29-25-23-18-21(31-22-12-17-30-19-22)11-10-20(23)8-4-1-2-7-15-28-16-14-26-24(28)9-5-3-6-13-27-25;/h3,5-6,10-11,13-14,16,18,22H,1-2,4,7-8,12,15,17,19H2,(H,27,29);. The number of rotatable bonds is 2. The van der Waals surface area contributed by atoms with E-state index in [1.165, 1.54) is 23.3 Å². The maximum atomic E-state index is 13.0. The van der Waals surface area contributed by atoms with E-state index in [1.807, 2.05) is 36.5 Å². The van der Waals surface area contributed by atoms with Gasteiger partial charge in [0, 0.05) is 6.42 Å². The van der Waals surface area contributed by atoms with Gasteiger partial charge in [-0.3, -0.25) is 0 Å². The van der Waals surface area contributed by atoms with Crippen LogP contribution in [0.15, 0.2) is 55.0 Å². The van der Waals surface area contributed by atoms with Crippen molar-refractivity contribution in [3.05, 3.63) is 72.0 Å². The molecule has 0 spiro atoms. The molecule has 7 heteroatoms. The Morgan fingerprint density at radius 2 is 2.09 bits per heavy atom. The van der Waals surface area contributed by atoms with Gasteiger partial charge in [0.2, 0.25) is 0 Å². The fraction of sp³-hybridized carbons (Fsp3) is 0.400. The first-order valence-corrected chi connectivity index (χ1v) is 12.7. The van der Waals surface area contributed by atoms with Crippen molar-refractivity contribution in [2.45, 2.75) is 51.2 Å². The summed E-state index contributed by atoms with van der Waals surface area (Å²) in [5.74, 6) is 1.65. The number of hydrogen-bond acceptors (Lipinski definition) is 4. The molecule has 0 bridgehead atoms. The minimum absolute atomic E-state index is 0.0626. The molecule has 168 valence electrons. The molecule has 0 saturated carbocycles. The first-order chi connectivity index (χ1) is 15.7. The second-order valence-electron chi connectivity index (χ2n) is 8.09. The van der Waals surface area contributed by atoms with Gasteiger partial charge in [0.15, 0.2) is 0 Å². The second-order valence-corrected chi connectivity index (χ2v) is 9.67. The molecule has 1 saturated heterocycles. The number of imidazole rings is 1. The van der Waals surface area contributed by atoms with Crippen LogP contribution in [0.3, 0.4) is 0 Å². The number of nitrogens with zero attached hydrogens (tertiary/aromatic N) is 2. The average Bonchev–Trinajstić information content (AvgIpc) is 3.48. The van der Waals surface area contributed by atoms with Crippen LogP contribution in [0.2, 0.25) is 0 Å². The maximum absolute atomic E-state index is 13.0. The minimum atomic E-state index is -0.107. The third-order valence-electron chi connectivity index (χ3n) is 5.72. The number of carbonyl (C=O) groups excluding carboxylic acids is 1. The number of aromatic nitrogens is 2. The van der Waals surface area contributed by atoms with Crippen molar-refractivity contribution in [2.24, 2.45) is 0 Å². The van der Waals surface area contributed by atoms with Crippen molar-refractivity contribution in [1.82, 2.24) is 14.9 Å². The van der Waals surface area contributed by atoms with Crippen LogP contribution in [0.1, 0.15) is 53.8 Å². The Balaban J connectivity index is 1.50. The van der Waals surface area contributed by atoms with Gasteiger partial charge in [0.05, 0.1) is 13.2 Å². The van der Waals surface area contributed by atoms with E-state index in [1.54, 1.807) is 6.20 Å². The van der Waals surface area contributed by atoms with E-state index in [-0.39, 0.29) is 12.0 Å². The molecule has 1 aromatic heterocycles. The van der Waals surface area contributed by atoms with Crippen LogP contribution in [-0.2, 0) is 37.1 Å². The normalized spacial score (nSPS) is 20.3. The molecule has 2 aliphatic heterocycles. The summed E-state index contributed by atoms with van der Waals surface area (Å²) in [7, 11) is 0. The number of aryl methyl sites for hydroxylation is 2. The van der Waals surface area contributed by atoms with Crippen molar-refractivity contribution in [3.63, 3.8) is 0 Å². The van der Waals surface area contributed by atoms with Crippen LogP contribution >= 0.6 is 0 Å². The van der Waals surface area contributed by atoms with Gasteiger partial charge in [-0.25, -0.2) is 0 Å². The molecule has 2 aromatic rings. The Bertz CT molecular complexity index is 1010. The van der Waals surface area contributed by atoms with Crippen LogP contribution < -0.4 is 10.1 Å². The number of benzene rings is 1. The summed E-state index contributed by atoms with van der Waals surface area (Å²) in [6, 6.07) is 5.89. The zero-order chi connectivity index (χ0) is 22.2. The second kappa shape index (κ2) is 11.5. The van der Waals surface area contributed by atoms with Crippen molar-refractivity contribution in [2.75, 3.05) is 13.2 Å². The molecule has 1 unspecified atom stereocenters. The van der Waals surface area contributed by atoms with Crippen molar-refractivity contribution in [3.8, 4) is 5.75 Å². The first kappa shape index (κ1) is 22.9. The Kier molecular flexibility index (Phi) is 8.24. The van der Waals surface area contributed by atoms with Crippen LogP contribution in [0.5, 0.6) is 5.75 Å². The molecular weight excluding hydrogens is 574 g/mol. The average molecular weight is 603 g/mol. The molecule has 3 heterocycles. The van der Waals surface area contributed by atoms with Gasteiger partial charge in [-0.1, -0.05) is 0 Å². The van der Waals surface area contributed by atoms with Crippen molar-refractivity contribution in [1.29, 1.82) is 0 Å². The molecule has 1 fully saturated rings. The number of allylic oxidation sites excluding steroid dienone is 3. The van der Waals surface area contributed by atoms with Gasteiger partial charge >= 0.3 is 176 Å². The molecule has 0 radical (unpaired) electrons. The Labute approximate surface area is 200 Å². The number of ether oxygens (including phenoxy) is 2. The zero-order valence-corrected chi connectivity index (χ0v) is 21.1. The monoisotopic (exact) mass is 603 g/mol. The number of fused-ring (bicyclic) bond motifs is 2. The summed E-state index contributed by atoms with van der Waals surface area (Å²) in [5.41, 5.74) is 1.75. The predicted octanol–water partition coefficient (Wildman–Crippen LogP) is 3.73. The van der Waals surface area contributed by atoms with Gasteiger partial charge in [0.1, 0.15) is 0 Å². The fourth-order valence-electron chi connectivity index (χ4n) is 4.00. The molecule has 1 aromatic carbocycles. The van der Waals surface area contributed by atoms with E-state index in [9.17, 15) is 4.79 Å². The number of hydrogen-bond donors (Lipinski definition) is 1. The van der Waals surface area contributed by atoms with Crippen molar-refractivity contribution >= 4 is 9.81 Å². The van der Waals surface area contributed by atoms with E-state index < -0.39 is 0 Å². The molecule has 2 aliphatic rings. The van der Waals surface area contributed by atoms with Gasteiger partial charge < -0.3 is 4.74 Å². The van der Waals surface area contributed by atoms with E-state index in [0.29, 0.717) is 12.2 Å². The SMILES string of the molecule is O=C1NC=CC=C[C](=[W])c2nccn2CCCCCCc2ccc(OC3CCOC3)cc21. The Hall–Kier alpha value is -2.30. The van der Waals surface area contributed by atoms with Gasteiger partial charge in [-0.05, 0) is 0 Å². The summed E-state index contributed by atoms with van der Waals surface area (Å²) in [4.78, 5) is 17.5. The Morgan fingerprint density at radius 1 is 1.19 bits per heavy atom. The third kappa shape index (κ3) is 6.14. The van der Waals surface area contributed by atoms with Crippen LogP contribution in [0.4, 0.5) is 0 Å². The molecule has 1 N–H and O–H groups in total. The molecule has 0 aliphatic carbocycles. The zero-order valence-electron chi connectivity index (χ0n) is 18.2. The summed E-state index contributed by atoms with van der Waals surface area (Å²) >= 11 is 1.37. The van der Waals surface area contributed by atoms with E-state index in [0.717, 1.165) is 68.8 Å². The van der Waals surface area contributed by atoms with E-state index >= 15 is 0 Å². The topological polar surface area (TPSA) is 65.4 Å². The molecule has 4 rings (SSSR count). The summed E-state index contributed by atoms with van der Waals surface area (Å²) in [5, 5.41) is 2.91. The van der Waals surface area contributed by atoms with Gasteiger partial charge in [0.25, 0.3) is 0 Å². The predicted molar refractivity (Wildman–Crippen MR) is 121 cm³/mol. The van der Waals surface area contributed by atoms with Crippen LogP contribution in [-0.4, -0.2) is 38.7 Å². The van der Waals surface area contributed by atoms with Gasteiger partial charge in [-0.15, -0.1) is 0 Å². The van der Waals surface area contributed by atoms with E-state index in [2.05, 4.69) is 27.1 Å². The molecule has 1 amide bonds. The molecule has 6 nitrogen and oxygen atoms in total. The summed E-state index contributed by atoms with van der Waals surface area (Å²) in [6.45, 7) is 2.32. The number of carbonyl (C=O) groups is 1. The van der Waals surface area contributed by atoms with Crippen LogP contribution in [0, 0.1) is 0 Å². The van der Waals surface area contributed by atoms with Crippen LogP contribution in [0.25, 0.3) is 0 Å². The molecule has 1 atom stereocenters. The first-order valence-electron chi connectivity index (χ1n) is 11.3. The Morgan fingerprint density at radius 3 is 2.97 bits per heavy atom. The molecule has 32 heavy (non-hydrogen) atoms. The van der Waals surface area contributed by atoms with E-state index in [4.69, 9.17) is 9.47 Å². The fourth-order valence-corrected chi connectivity index (χ4v) is 4.89. The quantitative estimate of drug-likeness (QED) is 0.569. The van der Waals surface area contributed by atoms with Gasteiger partial charge in [-0.2, -0.15) is 0 Å². The molecular formula is C25H29N3O3W. The third-order valence-corrected chi connectivity index (χ3v) is 6.86. The summed E-state index contributed by atoms with van der Waals surface area (Å²) < 4.78 is 14.9. The van der Waals surface area contributed by atoms with Crippen molar-refractivity contribution < 1.29 is 33.6 Å².